The average molecular weight is 423 g/mol. The molecule has 0 amide bonds. The van der Waals surface area contributed by atoms with Crippen molar-refractivity contribution in [1.82, 2.24) is 10.3 Å². The monoisotopic (exact) mass is 422 g/mol. The summed E-state index contributed by atoms with van der Waals surface area (Å²) in [5, 5.41) is 6.46. The van der Waals surface area contributed by atoms with Gasteiger partial charge in [-0.1, -0.05) is 47.5 Å². The molecule has 3 nitrogen and oxygen atoms in total. The molecule has 29 heavy (non-hydrogen) atoms. The van der Waals surface area contributed by atoms with Crippen molar-refractivity contribution in [2.75, 3.05) is 13.7 Å². The zero-order valence-electron chi connectivity index (χ0n) is 15.9. The highest BCUT2D eigenvalue weighted by Gasteiger charge is 2.42. The van der Waals surface area contributed by atoms with Gasteiger partial charge in [0.25, 0.3) is 0 Å². The lowest BCUT2D eigenvalue weighted by Crippen LogP contribution is -2.49. The van der Waals surface area contributed by atoms with E-state index in [0.29, 0.717) is 0 Å². The van der Waals surface area contributed by atoms with Crippen molar-refractivity contribution in [2.45, 2.75) is 12.0 Å². The third-order valence-corrected chi connectivity index (χ3v) is 6.30. The van der Waals surface area contributed by atoms with E-state index >= 15 is 0 Å². The molecule has 2 N–H and O–H groups in total. The van der Waals surface area contributed by atoms with Crippen LogP contribution in [-0.2, 0) is 12.0 Å². The number of rotatable bonds is 3. The lowest BCUT2D eigenvalue weighted by molar-refractivity contribution is 0.412. The second-order valence-electron chi connectivity index (χ2n) is 7.33. The number of ether oxygens (including phenoxy) is 1. The Kier molecular flexibility index (Phi) is 4.54. The van der Waals surface area contributed by atoms with Crippen LogP contribution in [0.3, 0.4) is 0 Å². The SMILES string of the molecule is COc1ccc([C@@]2(c3ccc(Cl)cc3)NCCc3c2[nH]c2ccc(Cl)cc32)cc1. The van der Waals surface area contributed by atoms with E-state index in [1.165, 1.54) is 10.9 Å². The molecule has 0 saturated carbocycles. The van der Waals surface area contributed by atoms with Gasteiger partial charge in [0, 0.05) is 33.2 Å². The maximum absolute atomic E-state index is 6.32. The van der Waals surface area contributed by atoms with Crippen LogP contribution < -0.4 is 10.1 Å². The highest BCUT2D eigenvalue weighted by molar-refractivity contribution is 6.31. The second kappa shape index (κ2) is 7.10. The first kappa shape index (κ1) is 18.6. The van der Waals surface area contributed by atoms with Gasteiger partial charge in [-0.25, -0.2) is 0 Å². The minimum absolute atomic E-state index is 0.518. The summed E-state index contributed by atoms with van der Waals surface area (Å²) in [6.07, 6.45) is 0.932. The summed E-state index contributed by atoms with van der Waals surface area (Å²) < 4.78 is 5.38. The van der Waals surface area contributed by atoms with E-state index in [4.69, 9.17) is 27.9 Å². The van der Waals surface area contributed by atoms with E-state index in [2.05, 4.69) is 46.7 Å². The number of hydrogen-bond donors (Lipinski definition) is 2. The molecule has 4 aromatic rings. The van der Waals surface area contributed by atoms with E-state index in [9.17, 15) is 0 Å². The molecular formula is C24H20Cl2N2O. The largest absolute Gasteiger partial charge is 0.497 e. The van der Waals surface area contributed by atoms with Gasteiger partial charge in [-0.2, -0.15) is 0 Å². The lowest BCUT2D eigenvalue weighted by atomic mass is 9.76. The number of aromatic amines is 1. The summed E-state index contributed by atoms with van der Waals surface area (Å²) >= 11 is 12.5. The number of nitrogens with one attached hydrogen (secondary N) is 2. The quantitative estimate of drug-likeness (QED) is 0.429. The fraction of sp³-hybridized carbons (Fsp3) is 0.167. The number of fused-ring (bicyclic) bond motifs is 3. The van der Waals surface area contributed by atoms with Crippen molar-refractivity contribution in [2.24, 2.45) is 0 Å². The Hall–Kier alpha value is -2.46. The van der Waals surface area contributed by atoms with Gasteiger partial charge in [0.1, 0.15) is 11.3 Å². The summed E-state index contributed by atoms with van der Waals surface area (Å²) in [6.45, 7) is 0.848. The Morgan fingerprint density at radius 3 is 2.21 bits per heavy atom. The first-order valence-corrected chi connectivity index (χ1v) is 10.3. The number of aromatic nitrogens is 1. The van der Waals surface area contributed by atoms with Crippen LogP contribution >= 0.6 is 23.2 Å². The molecule has 0 spiro atoms. The topological polar surface area (TPSA) is 37.0 Å². The molecule has 0 radical (unpaired) electrons. The molecular weight excluding hydrogens is 403 g/mol. The minimum atomic E-state index is -0.518. The van der Waals surface area contributed by atoms with E-state index in [-0.39, 0.29) is 0 Å². The van der Waals surface area contributed by atoms with Crippen molar-refractivity contribution in [3.63, 3.8) is 0 Å². The van der Waals surface area contributed by atoms with Crippen LogP contribution in [0.15, 0.2) is 66.7 Å². The summed E-state index contributed by atoms with van der Waals surface area (Å²) in [5.41, 5.74) is 5.29. The molecule has 1 aliphatic heterocycles. The van der Waals surface area contributed by atoms with Gasteiger partial charge in [0.05, 0.1) is 7.11 Å². The van der Waals surface area contributed by atoms with Crippen LogP contribution in [0.2, 0.25) is 10.0 Å². The molecule has 0 saturated heterocycles. The first-order valence-electron chi connectivity index (χ1n) is 9.58. The van der Waals surface area contributed by atoms with Crippen LogP contribution in [0.25, 0.3) is 10.9 Å². The average Bonchev–Trinajstić information content (AvgIpc) is 3.13. The standard InChI is InChI=1S/C24H20Cl2N2O/c1-29-19-9-4-16(5-10-19)24(15-2-6-17(25)7-3-15)23-20(12-13-27-24)21-14-18(26)8-11-22(21)28-23/h2-11,14,27-28H,12-13H2,1H3/t24-/m1/s1. The van der Waals surface area contributed by atoms with E-state index in [1.54, 1.807) is 7.11 Å². The Morgan fingerprint density at radius 2 is 1.52 bits per heavy atom. The molecule has 0 aliphatic carbocycles. The van der Waals surface area contributed by atoms with Gasteiger partial charge in [0.15, 0.2) is 0 Å². The van der Waals surface area contributed by atoms with E-state index < -0.39 is 5.54 Å². The van der Waals surface area contributed by atoms with Gasteiger partial charge in [0.2, 0.25) is 0 Å². The van der Waals surface area contributed by atoms with Crippen LogP contribution in [0.1, 0.15) is 22.4 Å². The molecule has 3 aromatic carbocycles. The van der Waals surface area contributed by atoms with Crippen molar-refractivity contribution >= 4 is 34.1 Å². The smallest absolute Gasteiger partial charge is 0.118 e. The number of halogens is 2. The normalized spacial score (nSPS) is 18.6. The first-order chi connectivity index (χ1) is 14.1. The predicted molar refractivity (Wildman–Crippen MR) is 119 cm³/mol. The third-order valence-electron chi connectivity index (χ3n) is 5.81. The Morgan fingerprint density at radius 1 is 0.862 bits per heavy atom. The Bertz CT molecular complexity index is 1180. The summed E-state index contributed by atoms with van der Waals surface area (Å²) in [4.78, 5) is 3.69. The molecule has 2 heterocycles. The maximum atomic E-state index is 6.32. The fourth-order valence-electron chi connectivity index (χ4n) is 4.46. The predicted octanol–water partition coefficient (Wildman–Crippen LogP) is 5.92. The molecule has 5 heteroatoms. The number of hydrogen-bond acceptors (Lipinski definition) is 2. The molecule has 0 bridgehead atoms. The molecule has 146 valence electrons. The van der Waals surface area contributed by atoms with Crippen LogP contribution in [0.4, 0.5) is 0 Å². The van der Waals surface area contributed by atoms with Crippen LogP contribution in [0, 0.1) is 0 Å². The van der Waals surface area contributed by atoms with E-state index in [0.717, 1.165) is 51.1 Å². The van der Waals surface area contributed by atoms with Gasteiger partial charge in [-0.05, 0) is 65.6 Å². The number of methoxy groups -OCH3 is 1. The molecule has 0 unspecified atom stereocenters. The molecule has 1 aliphatic rings. The molecule has 0 fully saturated rings. The highest BCUT2D eigenvalue weighted by atomic mass is 35.5. The van der Waals surface area contributed by atoms with E-state index in [1.807, 2.05) is 30.3 Å². The van der Waals surface area contributed by atoms with Crippen molar-refractivity contribution < 1.29 is 4.74 Å². The highest BCUT2D eigenvalue weighted by Crippen LogP contribution is 2.43. The van der Waals surface area contributed by atoms with Crippen LogP contribution in [0.5, 0.6) is 5.75 Å². The van der Waals surface area contributed by atoms with Gasteiger partial charge < -0.3 is 9.72 Å². The summed E-state index contributed by atoms with van der Waals surface area (Å²) in [6, 6.07) is 22.3. The van der Waals surface area contributed by atoms with Crippen molar-refractivity contribution in [3.8, 4) is 5.75 Å². The summed E-state index contributed by atoms with van der Waals surface area (Å²) in [5.74, 6) is 0.833. The van der Waals surface area contributed by atoms with Crippen LogP contribution in [-0.4, -0.2) is 18.6 Å². The van der Waals surface area contributed by atoms with Gasteiger partial charge in [-0.3, -0.25) is 5.32 Å². The zero-order valence-corrected chi connectivity index (χ0v) is 17.4. The minimum Gasteiger partial charge on any atom is -0.497 e. The lowest BCUT2D eigenvalue weighted by Gasteiger charge is -2.40. The third kappa shape index (κ3) is 2.93. The zero-order chi connectivity index (χ0) is 20.0. The maximum Gasteiger partial charge on any atom is 0.118 e. The van der Waals surface area contributed by atoms with Crippen molar-refractivity contribution in [1.29, 1.82) is 0 Å². The second-order valence-corrected chi connectivity index (χ2v) is 8.20. The molecule has 1 aromatic heterocycles. The summed E-state index contributed by atoms with van der Waals surface area (Å²) in [7, 11) is 1.68. The molecule has 1 atom stereocenters. The van der Waals surface area contributed by atoms with Gasteiger partial charge in [-0.15, -0.1) is 0 Å². The van der Waals surface area contributed by atoms with Gasteiger partial charge >= 0.3 is 0 Å². The fourth-order valence-corrected chi connectivity index (χ4v) is 4.76. The molecule has 5 rings (SSSR count). The number of H-pyrrole nitrogens is 1. The van der Waals surface area contributed by atoms with Crippen molar-refractivity contribution in [3.05, 3.63) is 99.2 Å². The number of benzene rings is 3. The Labute approximate surface area is 179 Å². The Balaban J connectivity index is 1.82.